The van der Waals surface area contributed by atoms with E-state index in [1.165, 1.54) is 23.3 Å². The average molecular weight is 232 g/mol. The molecule has 1 aromatic heterocycles. The van der Waals surface area contributed by atoms with E-state index >= 15 is 0 Å². The SMILES string of the molecule is CCC(C)c1ccc(-c2csc(N)n2)cc1. The van der Waals surface area contributed by atoms with Crippen molar-refractivity contribution in [3.8, 4) is 11.3 Å². The van der Waals surface area contributed by atoms with Crippen molar-refractivity contribution in [3.05, 3.63) is 35.2 Å². The molecule has 0 radical (unpaired) electrons. The lowest BCUT2D eigenvalue weighted by Crippen LogP contribution is -1.90. The highest BCUT2D eigenvalue weighted by Crippen LogP contribution is 2.25. The molecule has 3 heteroatoms. The molecule has 2 aromatic rings. The van der Waals surface area contributed by atoms with Crippen molar-refractivity contribution >= 4 is 16.5 Å². The first-order valence-electron chi connectivity index (χ1n) is 5.52. The van der Waals surface area contributed by atoms with Gasteiger partial charge in [-0.2, -0.15) is 0 Å². The summed E-state index contributed by atoms with van der Waals surface area (Å²) in [4.78, 5) is 4.27. The van der Waals surface area contributed by atoms with Crippen LogP contribution in [0.15, 0.2) is 29.6 Å². The lowest BCUT2D eigenvalue weighted by atomic mass is 9.97. The first kappa shape index (κ1) is 11.1. The molecule has 0 aliphatic carbocycles. The molecule has 2 N–H and O–H groups in total. The van der Waals surface area contributed by atoms with E-state index in [0.29, 0.717) is 11.0 Å². The standard InChI is InChI=1S/C13H16N2S/c1-3-9(2)10-4-6-11(7-5-10)12-8-16-13(14)15-12/h4-9H,3H2,1-2H3,(H2,14,15). The molecule has 1 atom stereocenters. The van der Waals surface area contributed by atoms with Crippen molar-refractivity contribution < 1.29 is 0 Å². The minimum absolute atomic E-state index is 0.620. The van der Waals surface area contributed by atoms with Crippen LogP contribution < -0.4 is 5.73 Å². The molecule has 2 rings (SSSR count). The van der Waals surface area contributed by atoms with Gasteiger partial charge in [0.25, 0.3) is 0 Å². The van der Waals surface area contributed by atoms with Crippen LogP contribution in [0.4, 0.5) is 5.13 Å². The Morgan fingerprint density at radius 3 is 2.50 bits per heavy atom. The van der Waals surface area contributed by atoms with Gasteiger partial charge in [-0.05, 0) is 17.9 Å². The third kappa shape index (κ3) is 2.25. The molecular weight excluding hydrogens is 216 g/mol. The van der Waals surface area contributed by atoms with Crippen LogP contribution in [0.5, 0.6) is 0 Å². The lowest BCUT2D eigenvalue weighted by molar-refractivity contribution is 0.734. The zero-order valence-corrected chi connectivity index (χ0v) is 10.4. The Morgan fingerprint density at radius 1 is 1.31 bits per heavy atom. The van der Waals surface area contributed by atoms with Gasteiger partial charge >= 0.3 is 0 Å². The molecular formula is C13H16N2S. The molecule has 0 fully saturated rings. The fourth-order valence-electron chi connectivity index (χ4n) is 1.64. The summed E-state index contributed by atoms with van der Waals surface area (Å²) in [5, 5.41) is 2.62. The van der Waals surface area contributed by atoms with Crippen LogP contribution in [0.3, 0.4) is 0 Å². The molecule has 84 valence electrons. The highest BCUT2D eigenvalue weighted by molar-refractivity contribution is 7.13. The minimum atomic E-state index is 0.620. The zero-order valence-electron chi connectivity index (χ0n) is 9.60. The molecule has 1 heterocycles. The van der Waals surface area contributed by atoms with Gasteiger partial charge in [0.2, 0.25) is 0 Å². The van der Waals surface area contributed by atoms with Gasteiger partial charge in [-0.3, -0.25) is 0 Å². The third-order valence-corrected chi connectivity index (χ3v) is 3.58. The van der Waals surface area contributed by atoms with Gasteiger partial charge in [0.15, 0.2) is 5.13 Å². The van der Waals surface area contributed by atoms with E-state index in [4.69, 9.17) is 5.73 Å². The second-order valence-corrected chi connectivity index (χ2v) is 4.89. The number of hydrogen-bond donors (Lipinski definition) is 1. The van der Waals surface area contributed by atoms with E-state index in [-0.39, 0.29) is 0 Å². The molecule has 2 nitrogen and oxygen atoms in total. The molecule has 0 saturated heterocycles. The summed E-state index contributed by atoms with van der Waals surface area (Å²) in [6.45, 7) is 4.45. The first-order valence-corrected chi connectivity index (χ1v) is 6.40. The second kappa shape index (κ2) is 4.66. The minimum Gasteiger partial charge on any atom is -0.375 e. The maximum absolute atomic E-state index is 5.62. The third-order valence-electron chi connectivity index (χ3n) is 2.91. The van der Waals surface area contributed by atoms with Crippen molar-refractivity contribution in [1.82, 2.24) is 4.98 Å². The van der Waals surface area contributed by atoms with Crippen molar-refractivity contribution in [2.45, 2.75) is 26.2 Å². The number of hydrogen-bond acceptors (Lipinski definition) is 3. The molecule has 1 unspecified atom stereocenters. The Kier molecular flexibility index (Phi) is 3.25. The largest absolute Gasteiger partial charge is 0.375 e. The fourth-order valence-corrected chi connectivity index (χ4v) is 2.21. The van der Waals surface area contributed by atoms with E-state index in [0.717, 1.165) is 11.3 Å². The number of nitrogens with zero attached hydrogens (tertiary/aromatic N) is 1. The molecule has 0 spiro atoms. The van der Waals surface area contributed by atoms with Gasteiger partial charge in [0.1, 0.15) is 0 Å². The quantitative estimate of drug-likeness (QED) is 0.871. The second-order valence-electron chi connectivity index (χ2n) is 4.00. The van der Waals surface area contributed by atoms with Gasteiger partial charge < -0.3 is 5.73 Å². The summed E-state index contributed by atoms with van der Waals surface area (Å²) in [6.07, 6.45) is 1.17. The van der Waals surface area contributed by atoms with Crippen LogP contribution in [-0.2, 0) is 0 Å². The van der Waals surface area contributed by atoms with Gasteiger partial charge in [0, 0.05) is 10.9 Å². The lowest BCUT2D eigenvalue weighted by Gasteiger charge is -2.08. The first-order chi connectivity index (χ1) is 7.70. The summed E-state index contributed by atoms with van der Waals surface area (Å²) in [5.41, 5.74) is 9.12. The summed E-state index contributed by atoms with van der Waals surface area (Å²) in [7, 11) is 0. The van der Waals surface area contributed by atoms with Gasteiger partial charge in [0.05, 0.1) is 5.69 Å². The van der Waals surface area contributed by atoms with E-state index < -0.39 is 0 Å². The number of thiazole rings is 1. The predicted octanol–water partition coefficient (Wildman–Crippen LogP) is 3.91. The molecule has 1 aromatic carbocycles. The monoisotopic (exact) mass is 232 g/mol. The van der Waals surface area contributed by atoms with Crippen LogP contribution in [0.1, 0.15) is 31.7 Å². The van der Waals surface area contributed by atoms with Crippen molar-refractivity contribution in [1.29, 1.82) is 0 Å². The number of anilines is 1. The van der Waals surface area contributed by atoms with Crippen LogP contribution in [0, 0.1) is 0 Å². The van der Waals surface area contributed by atoms with Crippen LogP contribution in [0.25, 0.3) is 11.3 Å². The Bertz CT molecular complexity index is 459. The number of nitrogens with two attached hydrogens (primary N) is 1. The maximum atomic E-state index is 5.62. The van der Waals surface area contributed by atoms with Crippen molar-refractivity contribution in [3.63, 3.8) is 0 Å². The predicted molar refractivity (Wildman–Crippen MR) is 70.7 cm³/mol. The summed E-state index contributed by atoms with van der Waals surface area (Å²) in [5.74, 6) is 0.620. The van der Waals surface area contributed by atoms with E-state index in [9.17, 15) is 0 Å². The summed E-state index contributed by atoms with van der Waals surface area (Å²) < 4.78 is 0. The normalized spacial score (nSPS) is 12.6. The number of rotatable bonds is 3. The molecule has 16 heavy (non-hydrogen) atoms. The van der Waals surface area contributed by atoms with E-state index in [1.54, 1.807) is 0 Å². The molecule has 0 saturated carbocycles. The van der Waals surface area contributed by atoms with Crippen LogP contribution in [0.2, 0.25) is 0 Å². The highest BCUT2D eigenvalue weighted by Gasteiger charge is 2.05. The smallest absolute Gasteiger partial charge is 0.180 e. The fraction of sp³-hybridized carbons (Fsp3) is 0.308. The van der Waals surface area contributed by atoms with Crippen molar-refractivity contribution in [2.24, 2.45) is 0 Å². The maximum Gasteiger partial charge on any atom is 0.180 e. The Balaban J connectivity index is 2.25. The Hall–Kier alpha value is -1.35. The van der Waals surface area contributed by atoms with Gasteiger partial charge in [-0.1, -0.05) is 38.1 Å². The van der Waals surface area contributed by atoms with E-state index in [2.05, 4.69) is 43.1 Å². The summed E-state index contributed by atoms with van der Waals surface area (Å²) >= 11 is 1.48. The topological polar surface area (TPSA) is 38.9 Å². The van der Waals surface area contributed by atoms with Gasteiger partial charge in [-0.15, -0.1) is 11.3 Å². The number of benzene rings is 1. The number of aromatic nitrogens is 1. The average Bonchev–Trinajstić information content (AvgIpc) is 2.75. The zero-order chi connectivity index (χ0) is 11.5. The highest BCUT2D eigenvalue weighted by atomic mass is 32.1. The van der Waals surface area contributed by atoms with Crippen molar-refractivity contribution in [2.75, 3.05) is 5.73 Å². The molecule has 0 amide bonds. The molecule has 0 aliphatic rings. The summed E-state index contributed by atoms with van der Waals surface area (Å²) in [6, 6.07) is 8.60. The van der Waals surface area contributed by atoms with Crippen LogP contribution in [-0.4, -0.2) is 4.98 Å². The Labute approximate surface area is 100 Å². The number of nitrogen functional groups attached to an aromatic ring is 1. The van der Waals surface area contributed by atoms with E-state index in [1.807, 2.05) is 5.38 Å². The molecule has 0 bridgehead atoms. The molecule has 0 aliphatic heterocycles. The van der Waals surface area contributed by atoms with Crippen LogP contribution >= 0.6 is 11.3 Å². The van der Waals surface area contributed by atoms with Gasteiger partial charge in [-0.25, -0.2) is 4.98 Å². The Morgan fingerprint density at radius 2 is 2.00 bits per heavy atom.